The number of halogens is 1. The SMILES string of the molecule is C=CC[NH+](CCO)C(C)Cc1ccccc1OC.[Br-]. The van der Waals surface area contributed by atoms with Gasteiger partial charge in [-0.3, -0.25) is 0 Å². The van der Waals surface area contributed by atoms with Gasteiger partial charge in [0.25, 0.3) is 0 Å². The van der Waals surface area contributed by atoms with Crippen molar-refractivity contribution >= 4 is 0 Å². The lowest BCUT2D eigenvalue weighted by atomic mass is 10.0. The molecule has 0 aliphatic carbocycles. The van der Waals surface area contributed by atoms with E-state index < -0.39 is 0 Å². The molecule has 4 heteroatoms. The minimum atomic E-state index is 0. The summed E-state index contributed by atoms with van der Waals surface area (Å²) < 4.78 is 5.37. The predicted molar refractivity (Wildman–Crippen MR) is 74.1 cm³/mol. The molecular formula is C15H24BrNO2. The van der Waals surface area contributed by atoms with Gasteiger partial charge in [0.1, 0.15) is 12.3 Å². The quantitative estimate of drug-likeness (QED) is 0.526. The van der Waals surface area contributed by atoms with Crippen LogP contribution in [0, 0.1) is 0 Å². The third-order valence-electron chi connectivity index (χ3n) is 3.25. The van der Waals surface area contributed by atoms with Gasteiger partial charge in [-0.2, -0.15) is 0 Å². The van der Waals surface area contributed by atoms with Crippen LogP contribution in [0.5, 0.6) is 5.75 Å². The molecule has 0 spiro atoms. The Hall–Kier alpha value is -0.840. The Kier molecular flexibility index (Phi) is 9.57. The highest BCUT2D eigenvalue weighted by atomic mass is 79.9. The Labute approximate surface area is 126 Å². The summed E-state index contributed by atoms with van der Waals surface area (Å²) in [5.41, 5.74) is 1.21. The molecule has 2 N–H and O–H groups in total. The zero-order valence-corrected chi connectivity index (χ0v) is 13.3. The Bertz CT molecular complexity index is 371. The van der Waals surface area contributed by atoms with E-state index >= 15 is 0 Å². The van der Waals surface area contributed by atoms with Crippen LogP contribution in [-0.4, -0.2) is 38.0 Å². The minimum Gasteiger partial charge on any atom is -1.00 e. The number of hydrogen-bond donors (Lipinski definition) is 2. The number of nitrogens with one attached hydrogen (secondary N) is 1. The Balaban J connectivity index is 0.00000324. The lowest BCUT2D eigenvalue weighted by Crippen LogP contribution is -3.16. The first kappa shape index (κ1) is 18.2. The summed E-state index contributed by atoms with van der Waals surface area (Å²) in [6.45, 7) is 7.81. The molecule has 0 aromatic heterocycles. The molecule has 108 valence electrons. The number of para-hydroxylation sites is 1. The lowest BCUT2D eigenvalue weighted by Gasteiger charge is -2.24. The molecule has 0 fully saturated rings. The molecule has 0 bridgehead atoms. The molecular weight excluding hydrogens is 306 g/mol. The summed E-state index contributed by atoms with van der Waals surface area (Å²) in [6, 6.07) is 8.52. The summed E-state index contributed by atoms with van der Waals surface area (Å²) in [7, 11) is 1.70. The largest absolute Gasteiger partial charge is 1.00 e. The molecule has 0 aliphatic heterocycles. The third-order valence-corrected chi connectivity index (χ3v) is 3.25. The molecule has 19 heavy (non-hydrogen) atoms. The molecule has 0 saturated heterocycles. The molecule has 3 nitrogen and oxygen atoms in total. The van der Waals surface area contributed by atoms with Crippen molar-refractivity contribution in [2.75, 3.05) is 26.8 Å². The predicted octanol–water partition coefficient (Wildman–Crippen LogP) is -2.31. The molecule has 0 radical (unpaired) electrons. The number of hydrogen-bond acceptors (Lipinski definition) is 2. The molecule has 0 heterocycles. The molecule has 1 aromatic rings. The van der Waals surface area contributed by atoms with Crippen molar-refractivity contribution in [3.8, 4) is 5.75 Å². The van der Waals surface area contributed by atoms with Crippen molar-refractivity contribution in [1.82, 2.24) is 0 Å². The maximum Gasteiger partial charge on any atom is 0.122 e. The van der Waals surface area contributed by atoms with Gasteiger partial charge in [0.15, 0.2) is 0 Å². The van der Waals surface area contributed by atoms with E-state index in [9.17, 15) is 0 Å². The van der Waals surface area contributed by atoms with Crippen LogP contribution in [0.3, 0.4) is 0 Å². The van der Waals surface area contributed by atoms with Crippen molar-refractivity contribution < 1.29 is 31.7 Å². The zero-order chi connectivity index (χ0) is 13.4. The third kappa shape index (κ3) is 5.76. The topological polar surface area (TPSA) is 33.9 Å². The zero-order valence-electron chi connectivity index (χ0n) is 11.7. The lowest BCUT2D eigenvalue weighted by molar-refractivity contribution is -0.918. The summed E-state index contributed by atoms with van der Waals surface area (Å²) in [6.07, 6.45) is 2.84. The summed E-state index contributed by atoms with van der Waals surface area (Å²) in [4.78, 5) is 1.35. The average Bonchev–Trinajstić information content (AvgIpc) is 2.39. The number of ether oxygens (including phenoxy) is 1. The second kappa shape index (κ2) is 10.0. The highest BCUT2D eigenvalue weighted by molar-refractivity contribution is 5.33. The molecule has 2 atom stereocenters. The van der Waals surface area contributed by atoms with E-state index in [2.05, 4.69) is 19.6 Å². The van der Waals surface area contributed by atoms with Gasteiger partial charge in [0, 0.05) is 6.42 Å². The molecule has 0 saturated carbocycles. The highest BCUT2D eigenvalue weighted by Crippen LogP contribution is 2.18. The van der Waals surface area contributed by atoms with Crippen LogP contribution < -0.4 is 26.6 Å². The first-order valence-electron chi connectivity index (χ1n) is 6.41. The van der Waals surface area contributed by atoms with Gasteiger partial charge in [0.05, 0.1) is 26.3 Å². The van der Waals surface area contributed by atoms with Crippen molar-refractivity contribution in [1.29, 1.82) is 0 Å². The van der Waals surface area contributed by atoms with Crippen LogP contribution in [0.15, 0.2) is 36.9 Å². The Morgan fingerprint density at radius 2 is 2.11 bits per heavy atom. The number of rotatable bonds is 8. The van der Waals surface area contributed by atoms with Gasteiger partial charge in [-0.1, -0.05) is 24.8 Å². The van der Waals surface area contributed by atoms with Crippen LogP contribution in [0.1, 0.15) is 12.5 Å². The van der Waals surface area contributed by atoms with Crippen molar-refractivity contribution in [2.24, 2.45) is 0 Å². The van der Waals surface area contributed by atoms with E-state index in [-0.39, 0.29) is 23.6 Å². The number of aliphatic hydroxyl groups excluding tert-OH is 1. The Morgan fingerprint density at radius 1 is 1.42 bits per heavy atom. The van der Waals surface area contributed by atoms with Crippen LogP contribution in [0.2, 0.25) is 0 Å². The van der Waals surface area contributed by atoms with Crippen molar-refractivity contribution in [2.45, 2.75) is 19.4 Å². The van der Waals surface area contributed by atoms with E-state index in [0.717, 1.165) is 25.3 Å². The molecule has 2 unspecified atom stereocenters. The average molecular weight is 330 g/mol. The highest BCUT2D eigenvalue weighted by Gasteiger charge is 2.17. The van der Waals surface area contributed by atoms with E-state index in [0.29, 0.717) is 6.04 Å². The van der Waals surface area contributed by atoms with Gasteiger partial charge >= 0.3 is 0 Å². The molecule has 0 amide bonds. The van der Waals surface area contributed by atoms with Crippen molar-refractivity contribution in [3.05, 3.63) is 42.5 Å². The Morgan fingerprint density at radius 3 is 2.68 bits per heavy atom. The smallest absolute Gasteiger partial charge is 0.122 e. The standard InChI is InChI=1S/C15H23NO2.BrH/c1-4-9-16(10-11-17)13(2)12-14-7-5-6-8-15(14)18-3;/h4-8,13,17H,1,9-12H2,2-3H3;1H. The normalized spacial score (nSPS) is 13.2. The molecule has 1 aromatic carbocycles. The summed E-state index contributed by atoms with van der Waals surface area (Å²) in [5.74, 6) is 0.936. The maximum atomic E-state index is 9.10. The fourth-order valence-corrected chi connectivity index (χ4v) is 2.22. The van der Waals surface area contributed by atoms with Gasteiger partial charge in [0.2, 0.25) is 0 Å². The van der Waals surface area contributed by atoms with Gasteiger partial charge in [-0.25, -0.2) is 0 Å². The van der Waals surface area contributed by atoms with Crippen LogP contribution >= 0.6 is 0 Å². The first-order chi connectivity index (χ1) is 8.72. The maximum absolute atomic E-state index is 9.10. The van der Waals surface area contributed by atoms with E-state index in [1.165, 1.54) is 10.5 Å². The second-order valence-corrected chi connectivity index (χ2v) is 4.54. The first-order valence-corrected chi connectivity index (χ1v) is 6.41. The van der Waals surface area contributed by atoms with E-state index in [1.807, 2.05) is 24.3 Å². The molecule has 1 rings (SSSR count). The van der Waals surface area contributed by atoms with E-state index in [1.54, 1.807) is 7.11 Å². The van der Waals surface area contributed by atoms with Gasteiger partial charge in [-0.05, 0) is 24.6 Å². The number of aliphatic hydroxyl groups is 1. The summed E-state index contributed by atoms with van der Waals surface area (Å²) in [5, 5.41) is 9.10. The minimum absolute atomic E-state index is 0. The molecule has 0 aliphatic rings. The van der Waals surface area contributed by atoms with E-state index in [4.69, 9.17) is 9.84 Å². The van der Waals surface area contributed by atoms with Gasteiger partial charge < -0.3 is 31.7 Å². The van der Waals surface area contributed by atoms with Crippen molar-refractivity contribution in [3.63, 3.8) is 0 Å². The fourth-order valence-electron chi connectivity index (χ4n) is 2.22. The number of benzene rings is 1. The summed E-state index contributed by atoms with van der Waals surface area (Å²) >= 11 is 0. The van der Waals surface area contributed by atoms with Gasteiger partial charge in [-0.15, -0.1) is 0 Å². The van der Waals surface area contributed by atoms with Crippen LogP contribution in [0.4, 0.5) is 0 Å². The monoisotopic (exact) mass is 329 g/mol. The number of quaternary nitrogens is 1. The van der Waals surface area contributed by atoms with Crippen LogP contribution in [-0.2, 0) is 6.42 Å². The second-order valence-electron chi connectivity index (χ2n) is 4.54. The van der Waals surface area contributed by atoms with Crippen LogP contribution in [0.25, 0.3) is 0 Å². The number of methoxy groups -OCH3 is 1. The fraction of sp³-hybridized carbons (Fsp3) is 0.467.